The van der Waals surface area contributed by atoms with E-state index >= 15 is 0 Å². The molecule has 0 saturated carbocycles. The number of nitrogens with one attached hydrogen (secondary N) is 1. The maximum Gasteiger partial charge on any atom is 0.331 e. The molecule has 3 rings (SSSR count). The fourth-order valence-corrected chi connectivity index (χ4v) is 2.43. The molecule has 0 atom stereocenters. The van der Waals surface area contributed by atoms with Gasteiger partial charge in [0.25, 0.3) is 5.91 Å². The molecule has 0 saturated heterocycles. The number of carbonyl (C=O) groups is 2. The van der Waals surface area contributed by atoms with E-state index in [1.807, 2.05) is 37.3 Å². The number of ether oxygens (including phenoxy) is 3. The summed E-state index contributed by atoms with van der Waals surface area (Å²) in [7, 11) is 0. The van der Waals surface area contributed by atoms with Crippen LogP contribution in [0.5, 0.6) is 11.5 Å². The number of benzene rings is 2. The smallest absolute Gasteiger partial charge is 0.331 e. The van der Waals surface area contributed by atoms with Gasteiger partial charge in [-0.25, -0.2) is 4.79 Å². The summed E-state index contributed by atoms with van der Waals surface area (Å²) < 4.78 is 15.5. The fraction of sp³-hybridized carbons (Fsp3) is 0.200. The van der Waals surface area contributed by atoms with Gasteiger partial charge in [-0.3, -0.25) is 4.79 Å². The summed E-state index contributed by atoms with van der Waals surface area (Å²) >= 11 is 0. The number of carbonyl (C=O) groups excluding carboxylic acids is 2. The highest BCUT2D eigenvalue weighted by Crippen LogP contribution is 2.32. The zero-order valence-electron chi connectivity index (χ0n) is 14.4. The second-order valence-electron chi connectivity index (χ2n) is 5.82. The highest BCUT2D eigenvalue weighted by molar-refractivity contribution is 5.89. The minimum absolute atomic E-state index is 0.206. The number of rotatable bonds is 6. The van der Waals surface area contributed by atoms with Crippen molar-refractivity contribution in [3.63, 3.8) is 0 Å². The molecule has 1 N–H and O–H groups in total. The lowest BCUT2D eigenvalue weighted by atomic mass is 10.1. The molecule has 1 heterocycles. The molecular weight excluding hydrogens is 334 g/mol. The molecule has 0 unspecified atom stereocenters. The molecule has 0 spiro atoms. The van der Waals surface area contributed by atoms with E-state index in [1.165, 1.54) is 6.08 Å². The average molecular weight is 353 g/mol. The summed E-state index contributed by atoms with van der Waals surface area (Å²) in [6, 6.07) is 13.1. The number of hydrogen-bond acceptors (Lipinski definition) is 5. The lowest BCUT2D eigenvalue weighted by Crippen LogP contribution is -2.28. The molecule has 1 amide bonds. The van der Waals surface area contributed by atoms with Crippen molar-refractivity contribution in [2.45, 2.75) is 13.5 Å². The zero-order chi connectivity index (χ0) is 18.4. The molecular formula is C20H19NO5. The minimum Gasteiger partial charge on any atom is -0.454 e. The Morgan fingerprint density at radius 2 is 2.00 bits per heavy atom. The van der Waals surface area contributed by atoms with Gasteiger partial charge < -0.3 is 19.5 Å². The van der Waals surface area contributed by atoms with Gasteiger partial charge in [0.2, 0.25) is 6.79 Å². The van der Waals surface area contributed by atoms with Crippen LogP contribution in [0.4, 0.5) is 0 Å². The third-order valence-electron chi connectivity index (χ3n) is 3.73. The molecule has 0 radical (unpaired) electrons. The van der Waals surface area contributed by atoms with Crippen molar-refractivity contribution in [2.75, 3.05) is 13.4 Å². The second kappa shape index (κ2) is 8.20. The lowest BCUT2D eigenvalue weighted by Gasteiger charge is -2.06. The maximum absolute atomic E-state index is 11.8. The van der Waals surface area contributed by atoms with Gasteiger partial charge in [-0.15, -0.1) is 0 Å². The Hall–Kier alpha value is -3.28. The first kappa shape index (κ1) is 17.5. The predicted octanol–water partition coefficient (Wildman–Crippen LogP) is 2.60. The van der Waals surface area contributed by atoms with Crippen molar-refractivity contribution >= 4 is 18.0 Å². The van der Waals surface area contributed by atoms with Gasteiger partial charge in [-0.05, 0) is 36.3 Å². The van der Waals surface area contributed by atoms with E-state index in [2.05, 4.69) is 5.32 Å². The normalized spacial score (nSPS) is 12.2. The standard InChI is InChI=1S/C20H19NO5/c1-14-3-2-4-15(9-14)6-8-20(23)24-12-19(22)21-11-16-5-7-17-18(10-16)26-13-25-17/h2-10H,11-13H2,1H3,(H,21,22)/b8-6+. The Labute approximate surface area is 151 Å². The van der Waals surface area contributed by atoms with Gasteiger partial charge in [0, 0.05) is 12.6 Å². The van der Waals surface area contributed by atoms with E-state index in [1.54, 1.807) is 18.2 Å². The van der Waals surface area contributed by atoms with E-state index in [-0.39, 0.29) is 19.3 Å². The van der Waals surface area contributed by atoms with Crippen LogP contribution in [0.15, 0.2) is 48.5 Å². The Bertz CT molecular complexity index is 844. The van der Waals surface area contributed by atoms with Crippen LogP contribution in [0.1, 0.15) is 16.7 Å². The van der Waals surface area contributed by atoms with Gasteiger partial charge in [-0.2, -0.15) is 0 Å². The van der Waals surface area contributed by atoms with Gasteiger partial charge in [0.05, 0.1) is 0 Å². The summed E-state index contributed by atoms with van der Waals surface area (Å²) in [5.41, 5.74) is 2.87. The number of hydrogen-bond donors (Lipinski definition) is 1. The largest absolute Gasteiger partial charge is 0.454 e. The van der Waals surface area contributed by atoms with E-state index in [0.29, 0.717) is 18.0 Å². The first-order valence-corrected chi connectivity index (χ1v) is 8.17. The zero-order valence-corrected chi connectivity index (χ0v) is 14.4. The average Bonchev–Trinajstić information content (AvgIpc) is 3.11. The monoisotopic (exact) mass is 353 g/mol. The van der Waals surface area contributed by atoms with Crippen LogP contribution in [0.25, 0.3) is 6.08 Å². The van der Waals surface area contributed by atoms with Crippen molar-refractivity contribution < 1.29 is 23.8 Å². The van der Waals surface area contributed by atoms with Crippen molar-refractivity contribution in [3.8, 4) is 11.5 Å². The predicted molar refractivity (Wildman–Crippen MR) is 95.6 cm³/mol. The number of esters is 1. The summed E-state index contributed by atoms with van der Waals surface area (Å²) in [5.74, 6) is 0.406. The Kier molecular flexibility index (Phi) is 5.53. The molecule has 0 aliphatic carbocycles. The van der Waals surface area contributed by atoms with Crippen LogP contribution in [0.3, 0.4) is 0 Å². The molecule has 6 nitrogen and oxygen atoms in total. The van der Waals surface area contributed by atoms with E-state index in [4.69, 9.17) is 14.2 Å². The third kappa shape index (κ3) is 4.86. The maximum atomic E-state index is 11.8. The first-order valence-electron chi connectivity index (χ1n) is 8.17. The van der Waals surface area contributed by atoms with Gasteiger partial charge in [0.15, 0.2) is 18.1 Å². The Morgan fingerprint density at radius 3 is 2.85 bits per heavy atom. The van der Waals surface area contributed by atoms with Crippen LogP contribution in [-0.2, 0) is 20.9 Å². The number of fused-ring (bicyclic) bond motifs is 1. The summed E-state index contributed by atoms with van der Waals surface area (Å²) in [5, 5.41) is 2.69. The number of aryl methyl sites for hydroxylation is 1. The fourth-order valence-electron chi connectivity index (χ4n) is 2.43. The van der Waals surface area contributed by atoms with Gasteiger partial charge in [0.1, 0.15) is 0 Å². The molecule has 6 heteroatoms. The van der Waals surface area contributed by atoms with Crippen molar-refractivity contribution in [2.24, 2.45) is 0 Å². The molecule has 2 aromatic rings. The van der Waals surface area contributed by atoms with Crippen molar-refractivity contribution in [1.82, 2.24) is 5.32 Å². The SMILES string of the molecule is Cc1cccc(/C=C/C(=O)OCC(=O)NCc2ccc3c(c2)OCO3)c1. The quantitative estimate of drug-likeness (QED) is 0.638. The molecule has 1 aliphatic heterocycles. The van der Waals surface area contributed by atoms with Gasteiger partial charge in [-0.1, -0.05) is 35.9 Å². The molecule has 0 fully saturated rings. The summed E-state index contributed by atoms with van der Waals surface area (Å²) in [4.78, 5) is 23.5. The molecule has 134 valence electrons. The Balaban J connectivity index is 1.41. The minimum atomic E-state index is -0.565. The highest BCUT2D eigenvalue weighted by atomic mass is 16.7. The third-order valence-corrected chi connectivity index (χ3v) is 3.73. The molecule has 26 heavy (non-hydrogen) atoms. The molecule has 2 aromatic carbocycles. The van der Waals surface area contributed by atoms with Crippen molar-refractivity contribution in [1.29, 1.82) is 0 Å². The van der Waals surface area contributed by atoms with E-state index in [9.17, 15) is 9.59 Å². The lowest BCUT2D eigenvalue weighted by molar-refractivity contribution is -0.143. The number of amides is 1. The van der Waals surface area contributed by atoms with Crippen LogP contribution in [-0.4, -0.2) is 25.3 Å². The molecule has 1 aliphatic rings. The van der Waals surface area contributed by atoms with Crippen molar-refractivity contribution in [3.05, 3.63) is 65.2 Å². The Morgan fingerprint density at radius 1 is 1.15 bits per heavy atom. The molecule has 0 aromatic heterocycles. The second-order valence-corrected chi connectivity index (χ2v) is 5.82. The summed E-state index contributed by atoms with van der Waals surface area (Å²) in [6.45, 7) is 2.16. The van der Waals surface area contributed by atoms with E-state index < -0.39 is 5.97 Å². The first-order chi connectivity index (χ1) is 12.6. The van der Waals surface area contributed by atoms with Crippen LogP contribution in [0, 0.1) is 6.92 Å². The van der Waals surface area contributed by atoms with Crippen LogP contribution < -0.4 is 14.8 Å². The van der Waals surface area contributed by atoms with E-state index in [0.717, 1.165) is 16.7 Å². The highest BCUT2D eigenvalue weighted by Gasteiger charge is 2.13. The topological polar surface area (TPSA) is 73.9 Å². The van der Waals surface area contributed by atoms with Crippen LogP contribution >= 0.6 is 0 Å². The van der Waals surface area contributed by atoms with Gasteiger partial charge >= 0.3 is 5.97 Å². The summed E-state index contributed by atoms with van der Waals surface area (Å²) in [6.07, 6.45) is 2.96. The molecule has 0 bridgehead atoms. The van der Waals surface area contributed by atoms with Crippen LogP contribution in [0.2, 0.25) is 0 Å².